The van der Waals surface area contributed by atoms with E-state index in [2.05, 4.69) is 23.6 Å². The molecule has 0 bridgehead atoms. The van der Waals surface area contributed by atoms with Gasteiger partial charge in [-0.15, -0.1) is 0 Å². The summed E-state index contributed by atoms with van der Waals surface area (Å²) in [5, 5.41) is 0. The zero-order valence-electron chi connectivity index (χ0n) is 11.6. The highest BCUT2D eigenvalue weighted by Gasteiger charge is 2.32. The summed E-state index contributed by atoms with van der Waals surface area (Å²) in [6, 6.07) is 0.498. The fraction of sp³-hybridized carbons (Fsp3) is 0.923. The monoisotopic (exact) mass is 242 g/mol. The Hall–Kier alpha value is -0.610. The van der Waals surface area contributed by atoms with E-state index in [0.29, 0.717) is 12.6 Å². The van der Waals surface area contributed by atoms with Crippen LogP contribution in [0.15, 0.2) is 0 Å². The fourth-order valence-electron chi connectivity index (χ4n) is 2.57. The molecule has 0 aromatic heterocycles. The van der Waals surface area contributed by atoms with Gasteiger partial charge in [-0.3, -0.25) is 14.6 Å². The van der Waals surface area contributed by atoms with Crippen molar-refractivity contribution in [3.63, 3.8) is 0 Å². The maximum absolute atomic E-state index is 11.7. The molecule has 2 atom stereocenters. The van der Waals surface area contributed by atoms with Crippen LogP contribution in [-0.4, -0.2) is 60.6 Å². The second-order valence-electron chi connectivity index (χ2n) is 4.59. The van der Waals surface area contributed by atoms with E-state index in [9.17, 15) is 4.79 Å². The molecule has 1 saturated heterocycles. The average molecular weight is 242 g/mol. The van der Waals surface area contributed by atoms with Crippen molar-refractivity contribution in [2.75, 3.05) is 32.8 Å². The summed E-state index contributed by atoms with van der Waals surface area (Å²) in [4.78, 5) is 16.4. The minimum absolute atomic E-state index is 0.0901. The quantitative estimate of drug-likeness (QED) is 0.658. The van der Waals surface area contributed by atoms with Crippen molar-refractivity contribution in [2.45, 2.75) is 46.2 Å². The SMILES string of the molecule is CCOC(=O)C(C)N1CCC(N(CC)CC)C1. The van der Waals surface area contributed by atoms with Crippen LogP contribution in [0.1, 0.15) is 34.1 Å². The van der Waals surface area contributed by atoms with E-state index >= 15 is 0 Å². The second-order valence-corrected chi connectivity index (χ2v) is 4.59. The average Bonchev–Trinajstić information content (AvgIpc) is 2.79. The van der Waals surface area contributed by atoms with E-state index in [-0.39, 0.29) is 12.0 Å². The molecule has 4 nitrogen and oxygen atoms in total. The highest BCUT2D eigenvalue weighted by Crippen LogP contribution is 2.18. The molecule has 0 radical (unpaired) electrons. The molecule has 0 saturated carbocycles. The summed E-state index contributed by atoms with van der Waals surface area (Å²) >= 11 is 0. The summed E-state index contributed by atoms with van der Waals surface area (Å²) < 4.78 is 5.07. The lowest BCUT2D eigenvalue weighted by Gasteiger charge is -2.27. The molecule has 1 aliphatic heterocycles. The van der Waals surface area contributed by atoms with E-state index in [1.54, 1.807) is 0 Å². The highest BCUT2D eigenvalue weighted by molar-refractivity contribution is 5.75. The van der Waals surface area contributed by atoms with E-state index in [0.717, 1.165) is 32.6 Å². The maximum Gasteiger partial charge on any atom is 0.323 e. The third kappa shape index (κ3) is 3.68. The number of nitrogens with zero attached hydrogens (tertiary/aromatic N) is 2. The van der Waals surface area contributed by atoms with E-state index in [1.165, 1.54) is 0 Å². The number of rotatable bonds is 6. The first-order chi connectivity index (χ1) is 8.13. The van der Waals surface area contributed by atoms with Crippen LogP contribution in [0.4, 0.5) is 0 Å². The number of ether oxygens (including phenoxy) is 1. The first-order valence-electron chi connectivity index (χ1n) is 6.78. The largest absolute Gasteiger partial charge is 0.465 e. The Labute approximate surface area is 105 Å². The Morgan fingerprint density at radius 3 is 2.59 bits per heavy atom. The molecule has 0 aliphatic carbocycles. The van der Waals surface area contributed by atoms with Gasteiger partial charge in [0.15, 0.2) is 0 Å². The van der Waals surface area contributed by atoms with Crippen LogP contribution in [0.25, 0.3) is 0 Å². The van der Waals surface area contributed by atoms with Crippen molar-refractivity contribution < 1.29 is 9.53 Å². The zero-order chi connectivity index (χ0) is 12.8. The van der Waals surface area contributed by atoms with Crippen molar-refractivity contribution >= 4 is 5.97 Å². The van der Waals surface area contributed by atoms with Crippen LogP contribution in [0, 0.1) is 0 Å². The molecule has 0 aromatic carbocycles. The van der Waals surface area contributed by atoms with Gasteiger partial charge in [-0.1, -0.05) is 13.8 Å². The first-order valence-corrected chi connectivity index (χ1v) is 6.78. The number of carbonyl (C=O) groups excluding carboxylic acids is 1. The smallest absolute Gasteiger partial charge is 0.323 e. The second kappa shape index (κ2) is 6.97. The molecule has 1 fully saturated rings. The van der Waals surface area contributed by atoms with E-state index in [1.807, 2.05) is 13.8 Å². The minimum Gasteiger partial charge on any atom is -0.465 e. The van der Waals surface area contributed by atoms with Crippen LogP contribution in [0.3, 0.4) is 0 Å². The predicted octanol–water partition coefficient (Wildman–Crippen LogP) is 1.35. The van der Waals surface area contributed by atoms with Crippen molar-refractivity contribution in [3.05, 3.63) is 0 Å². The molecule has 4 heteroatoms. The topological polar surface area (TPSA) is 32.8 Å². The molecular formula is C13H26N2O2. The first kappa shape index (κ1) is 14.5. The maximum atomic E-state index is 11.7. The van der Waals surface area contributed by atoms with Crippen LogP contribution in [0.2, 0.25) is 0 Å². The highest BCUT2D eigenvalue weighted by atomic mass is 16.5. The van der Waals surface area contributed by atoms with Crippen LogP contribution in [-0.2, 0) is 9.53 Å². The lowest BCUT2D eigenvalue weighted by molar-refractivity contribution is -0.148. The van der Waals surface area contributed by atoms with Gasteiger partial charge in [-0.05, 0) is 33.4 Å². The van der Waals surface area contributed by atoms with E-state index in [4.69, 9.17) is 4.74 Å². The summed E-state index contributed by atoms with van der Waals surface area (Å²) in [6.07, 6.45) is 1.16. The summed E-state index contributed by atoms with van der Waals surface area (Å²) in [5.74, 6) is -0.0901. The Morgan fingerprint density at radius 2 is 2.06 bits per heavy atom. The number of carbonyl (C=O) groups is 1. The normalized spacial score (nSPS) is 23.0. The van der Waals surface area contributed by atoms with Crippen LogP contribution >= 0.6 is 0 Å². The number of hydrogen-bond acceptors (Lipinski definition) is 4. The van der Waals surface area contributed by atoms with Gasteiger partial charge in [-0.25, -0.2) is 0 Å². The third-order valence-electron chi connectivity index (χ3n) is 3.70. The van der Waals surface area contributed by atoms with Gasteiger partial charge in [0.1, 0.15) is 6.04 Å². The molecule has 1 heterocycles. The van der Waals surface area contributed by atoms with Gasteiger partial charge in [-0.2, -0.15) is 0 Å². The Balaban J connectivity index is 2.46. The van der Waals surface area contributed by atoms with E-state index < -0.39 is 0 Å². The van der Waals surface area contributed by atoms with Gasteiger partial charge in [0.25, 0.3) is 0 Å². The molecule has 1 rings (SSSR count). The standard InChI is InChI=1S/C13H26N2O2/c1-5-14(6-2)12-8-9-15(10-12)11(4)13(16)17-7-3/h11-12H,5-10H2,1-4H3. The number of hydrogen-bond donors (Lipinski definition) is 0. The van der Waals surface area contributed by atoms with Gasteiger partial charge < -0.3 is 4.74 Å². The summed E-state index contributed by atoms with van der Waals surface area (Å²) in [5.41, 5.74) is 0. The van der Waals surface area contributed by atoms with Gasteiger partial charge in [0.05, 0.1) is 6.61 Å². The molecule has 1 aliphatic rings. The number of esters is 1. The van der Waals surface area contributed by atoms with Gasteiger partial charge in [0, 0.05) is 19.1 Å². The zero-order valence-corrected chi connectivity index (χ0v) is 11.6. The molecule has 17 heavy (non-hydrogen) atoms. The van der Waals surface area contributed by atoms with Crippen LogP contribution < -0.4 is 0 Å². The minimum atomic E-state index is -0.101. The Bertz CT molecular complexity index is 242. The van der Waals surface area contributed by atoms with Crippen molar-refractivity contribution in [3.8, 4) is 0 Å². The number of likely N-dealkylation sites (tertiary alicyclic amines) is 1. The molecule has 100 valence electrons. The Kier molecular flexibility index (Phi) is 5.92. The molecule has 0 spiro atoms. The van der Waals surface area contributed by atoms with Crippen molar-refractivity contribution in [1.29, 1.82) is 0 Å². The van der Waals surface area contributed by atoms with Crippen molar-refractivity contribution in [2.24, 2.45) is 0 Å². The fourth-order valence-corrected chi connectivity index (χ4v) is 2.57. The molecule has 0 amide bonds. The molecular weight excluding hydrogens is 216 g/mol. The van der Waals surface area contributed by atoms with Gasteiger partial charge >= 0.3 is 5.97 Å². The number of likely N-dealkylation sites (N-methyl/N-ethyl adjacent to an activating group) is 1. The summed E-state index contributed by atoms with van der Waals surface area (Å²) in [6.45, 7) is 12.8. The molecule has 0 aromatic rings. The lowest BCUT2D eigenvalue weighted by atomic mass is 10.2. The Morgan fingerprint density at radius 1 is 1.41 bits per heavy atom. The van der Waals surface area contributed by atoms with Crippen LogP contribution in [0.5, 0.6) is 0 Å². The third-order valence-corrected chi connectivity index (χ3v) is 3.70. The van der Waals surface area contributed by atoms with Gasteiger partial charge in [0.2, 0.25) is 0 Å². The predicted molar refractivity (Wildman–Crippen MR) is 69.0 cm³/mol. The lowest BCUT2D eigenvalue weighted by Crippen LogP contribution is -2.42. The molecule has 2 unspecified atom stereocenters. The summed E-state index contributed by atoms with van der Waals surface area (Å²) in [7, 11) is 0. The molecule has 0 N–H and O–H groups in total. The van der Waals surface area contributed by atoms with Crippen molar-refractivity contribution in [1.82, 2.24) is 9.80 Å².